The van der Waals surface area contributed by atoms with Crippen molar-refractivity contribution in [3.05, 3.63) is 56.6 Å². The van der Waals surface area contributed by atoms with Gasteiger partial charge in [-0.2, -0.15) is 0 Å². The molecule has 0 heterocycles. The van der Waals surface area contributed by atoms with Gasteiger partial charge in [-0.15, -0.1) is 12.4 Å². The average Bonchev–Trinajstić information content (AvgIpc) is 2.71. The maximum atomic E-state index is 13.3. The van der Waals surface area contributed by atoms with Crippen LogP contribution < -0.4 is 4.74 Å². The number of nitrogens with zero attached hydrogens (tertiary/aromatic N) is 2. The van der Waals surface area contributed by atoms with Crippen LogP contribution in [0.3, 0.4) is 0 Å². The summed E-state index contributed by atoms with van der Waals surface area (Å²) in [5, 5.41) is 10.7. The summed E-state index contributed by atoms with van der Waals surface area (Å²) in [4.78, 5) is 28.6. The molecular weight excluding hydrogens is 491 g/mol. The van der Waals surface area contributed by atoms with Crippen molar-refractivity contribution in [2.45, 2.75) is 20.0 Å². The van der Waals surface area contributed by atoms with Gasteiger partial charge in [-0.05, 0) is 59.4 Å². The first-order valence-electron chi connectivity index (χ1n) is 10.00. The number of halogens is 3. The van der Waals surface area contributed by atoms with E-state index >= 15 is 0 Å². The molecule has 0 saturated heterocycles. The van der Waals surface area contributed by atoms with E-state index in [0.717, 1.165) is 0 Å². The molecule has 7 nitrogen and oxygen atoms in total. The molecule has 0 aliphatic carbocycles. The van der Waals surface area contributed by atoms with Gasteiger partial charge in [0.25, 0.3) is 0 Å². The summed E-state index contributed by atoms with van der Waals surface area (Å²) in [6, 6.07) is 6.31. The molecule has 10 heteroatoms. The topological polar surface area (TPSA) is 79.3 Å². The summed E-state index contributed by atoms with van der Waals surface area (Å²) in [5.74, 6) is -0.538. The zero-order valence-electron chi connectivity index (χ0n) is 19.3. The van der Waals surface area contributed by atoms with Crippen molar-refractivity contribution >= 4 is 47.4 Å². The Labute approximate surface area is 210 Å². The molecule has 2 rings (SSSR count). The Morgan fingerprint density at radius 1 is 0.970 bits per heavy atom. The molecule has 0 unspecified atom stereocenters. The van der Waals surface area contributed by atoms with Crippen LogP contribution in [0.2, 0.25) is 10.0 Å². The van der Waals surface area contributed by atoms with E-state index < -0.39 is 5.97 Å². The molecule has 0 fully saturated rings. The van der Waals surface area contributed by atoms with Crippen LogP contribution >= 0.6 is 35.6 Å². The van der Waals surface area contributed by atoms with E-state index in [1.807, 2.05) is 38.0 Å². The van der Waals surface area contributed by atoms with E-state index in [-0.39, 0.29) is 58.5 Å². The number of aromatic hydroxyl groups is 1. The normalized spacial score (nSPS) is 10.8. The first-order valence-corrected chi connectivity index (χ1v) is 10.8. The van der Waals surface area contributed by atoms with Crippen LogP contribution in [0.25, 0.3) is 0 Å². The zero-order chi connectivity index (χ0) is 24.0. The second-order valence-corrected chi connectivity index (χ2v) is 8.54. The number of phenols is 1. The van der Waals surface area contributed by atoms with Gasteiger partial charge in [-0.25, -0.2) is 4.79 Å². The van der Waals surface area contributed by atoms with Gasteiger partial charge < -0.3 is 24.4 Å². The molecule has 0 aliphatic heterocycles. The lowest BCUT2D eigenvalue weighted by Crippen LogP contribution is -2.16. The molecule has 182 valence electrons. The van der Waals surface area contributed by atoms with Crippen LogP contribution in [0.5, 0.6) is 11.5 Å². The first-order chi connectivity index (χ1) is 15.0. The van der Waals surface area contributed by atoms with Crippen LogP contribution in [0.1, 0.15) is 34.0 Å². The van der Waals surface area contributed by atoms with Crippen molar-refractivity contribution in [3.8, 4) is 11.5 Å². The fraction of sp³-hybridized carbons (Fsp3) is 0.391. The maximum Gasteiger partial charge on any atom is 0.344 e. The van der Waals surface area contributed by atoms with Crippen LogP contribution in [0.15, 0.2) is 24.3 Å². The van der Waals surface area contributed by atoms with Crippen molar-refractivity contribution in [2.24, 2.45) is 0 Å². The maximum absolute atomic E-state index is 13.3. The predicted molar refractivity (Wildman–Crippen MR) is 132 cm³/mol. The lowest BCUT2D eigenvalue weighted by molar-refractivity contribution is -0.145. The molecule has 1 N–H and O–H groups in total. The molecule has 0 spiro atoms. The van der Waals surface area contributed by atoms with Gasteiger partial charge in [0.15, 0.2) is 12.4 Å². The minimum atomic E-state index is -0.536. The monoisotopic (exact) mass is 518 g/mol. The Kier molecular flexibility index (Phi) is 11.4. The lowest BCUT2D eigenvalue weighted by Gasteiger charge is -2.18. The minimum Gasteiger partial charge on any atom is -0.507 e. The number of carbonyl (C=O) groups excluding carboxylic acids is 2. The highest BCUT2D eigenvalue weighted by molar-refractivity contribution is 6.45. The molecule has 0 saturated carbocycles. The second-order valence-electron chi connectivity index (χ2n) is 7.78. The molecule has 0 amide bonds. The summed E-state index contributed by atoms with van der Waals surface area (Å²) < 4.78 is 10.2. The van der Waals surface area contributed by atoms with Crippen molar-refractivity contribution in [2.75, 3.05) is 41.4 Å². The summed E-state index contributed by atoms with van der Waals surface area (Å²) in [5.41, 5.74) is 1.84. The molecule has 33 heavy (non-hydrogen) atoms. The van der Waals surface area contributed by atoms with Gasteiger partial charge in [0.05, 0.1) is 11.6 Å². The minimum absolute atomic E-state index is 0. The lowest BCUT2D eigenvalue weighted by atomic mass is 9.97. The summed E-state index contributed by atoms with van der Waals surface area (Å²) >= 11 is 12.7. The third kappa shape index (κ3) is 7.76. The molecule has 2 aromatic carbocycles. The Morgan fingerprint density at radius 2 is 1.52 bits per heavy atom. The fourth-order valence-electron chi connectivity index (χ4n) is 3.13. The number of phenolic OH excluding ortho intramolecular Hbond substituents is 1. The van der Waals surface area contributed by atoms with Gasteiger partial charge in [-0.3, -0.25) is 4.79 Å². The number of hydrogen-bond donors (Lipinski definition) is 1. The van der Waals surface area contributed by atoms with Gasteiger partial charge in [-0.1, -0.05) is 23.2 Å². The largest absolute Gasteiger partial charge is 0.507 e. The number of carbonyl (C=O) groups is 2. The third-order valence-corrected chi connectivity index (χ3v) is 5.31. The fourth-order valence-corrected chi connectivity index (χ4v) is 3.59. The second kappa shape index (κ2) is 13.0. The highest BCUT2D eigenvalue weighted by atomic mass is 35.5. The van der Waals surface area contributed by atoms with Crippen molar-refractivity contribution in [1.82, 2.24) is 9.80 Å². The Balaban J connectivity index is 0.00000544. The van der Waals surface area contributed by atoms with E-state index in [2.05, 4.69) is 0 Å². The van der Waals surface area contributed by atoms with Crippen LogP contribution in [0.4, 0.5) is 0 Å². The molecule has 0 atom stereocenters. The Morgan fingerprint density at radius 3 is 2.00 bits per heavy atom. The smallest absolute Gasteiger partial charge is 0.344 e. The standard InChI is InChI=1S/C23H28Cl2N2O5.ClH/c1-6-31-19(28)13-32-18-8-7-17(20(24)21(18)25)23(30)14-9-15(11-26(2)3)22(29)16(10-14)12-27(4)5;/h7-10,29H,6,11-13H2,1-5H3;1H. The number of ether oxygens (including phenoxy) is 2. The van der Waals surface area contributed by atoms with E-state index in [9.17, 15) is 14.7 Å². The van der Waals surface area contributed by atoms with Crippen LogP contribution in [-0.4, -0.2) is 68.1 Å². The van der Waals surface area contributed by atoms with Gasteiger partial charge in [0.2, 0.25) is 0 Å². The Bertz CT molecular complexity index is 965. The number of hydrogen-bond acceptors (Lipinski definition) is 7. The Hall–Kier alpha value is -2.03. The zero-order valence-corrected chi connectivity index (χ0v) is 21.6. The third-order valence-electron chi connectivity index (χ3n) is 4.45. The molecule has 0 aromatic heterocycles. The highest BCUT2D eigenvalue weighted by Crippen LogP contribution is 2.36. The first kappa shape index (κ1) is 29.0. The molecule has 2 aromatic rings. The van der Waals surface area contributed by atoms with Crippen molar-refractivity contribution in [3.63, 3.8) is 0 Å². The summed E-state index contributed by atoms with van der Waals surface area (Å²) in [7, 11) is 7.52. The van der Waals surface area contributed by atoms with E-state index in [1.54, 1.807) is 19.1 Å². The SMILES string of the molecule is CCOC(=O)COc1ccc(C(=O)c2cc(CN(C)C)c(O)c(CN(C)C)c2)c(Cl)c1Cl.Cl. The molecule has 0 aliphatic rings. The number of rotatable bonds is 10. The van der Waals surface area contributed by atoms with Crippen molar-refractivity contribution < 1.29 is 24.2 Å². The number of esters is 1. The predicted octanol–water partition coefficient (Wildman–Crippen LogP) is 4.42. The quantitative estimate of drug-likeness (QED) is 0.368. The van der Waals surface area contributed by atoms with Gasteiger partial charge in [0.1, 0.15) is 16.5 Å². The van der Waals surface area contributed by atoms with Crippen LogP contribution in [0, 0.1) is 0 Å². The number of ketones is 1. The summed E-state index contributed by atoms with van der Waals surface area (Å²) in [6.45, 7) is 2.53. The van der Waals surface area contributed by atoms with Gasteiger partial charge >= 0.3 is 5.97 Å². The summed E-state index contributed by atoms with van der Waals surface area (Å²) in [6.07, 6.45) is 0. The molecular formula is C23H29Cl3N2O5. The number of benzene rings is 2. The van der Waals surface area contributed by atoms with E-state index in [0.29, 0.717) is 29.8 Å². The highest BCUT2D eigenvalue weighted by Gasteiger charge is 2.21. The van der Waals surface area contributed by atoms with Gasteiger partial charge in [0, 0.05) is 35.3 Å². The van der Waals surface area contributed by atoms with E-state index in [1.165, 1.54) is 12.1 Å². The molecule has 0 radical (unpaired) electrons. The van der Waals surface area contributed by atoms with Crippen LogP contribution in [-0.2, 0) is 22.6 Å². The van der Waals surface area contributed by atoms with Crippen molar-refractivity contribution in [1.29, 1.82) is 0 Å². The molecule has 0 bridgehead atoms. The average molecular weight is 520 g/mol. The van der Waals surface area contributed by atoms with E-state index in [4.69, 9.17) is 32.7 Å².